The lowest BCUT2D eigenvalue weighted by molar-refractivity contribution is -0.0101. The predicted molar refractivity (Wildman–Crippen MR) is 111 cm³/mol. The quantitative estimate of drug-likeness (QED) is 0.735. The molecule has 27 heavy (non-hydrogen) atoms. The van der Waals surface area contributed by atoms with E-state index in [1.807, 2.05) is 19.1 Å². The molecule has 1 aromatic rings. The summed E-state index contributed by atoms with van der Waals surface area (Å²) in [5, 5.41) is 6.91. The molecule has 0 heterocycles. The lowest BCUT2D eigenvalue weighted by atomic mass is 9.53. The van der Waals surface area contributed by atoms with Gasteiger partial charge in [0.1, 0.15) is 5.75 Å². The molecular formula is C22H30N2O2S. The molecule has 2 N–H and O–H groups in total. The van der Waals surface area contributed by atoms with Crippen molar-refractivity contribution in [2.24, 2.45) is 17.8 Å². The SMILES string of the molecule is CC[C@H](C)Oc1cccc(C(=O)NC(=S)NC23CC4CC(CC(C4)C2)C3)c1. The summed E-state index contributed by atoms with van der Waals surface area (Å²) in [6, 6.07) is 7.32. The molecule has 4 saturated carbocycles. The molecule has 1 atom stereocenters. The van der Waals surface area contributed by atoms with Crippen LogP contribution in [0.15, 0.2) is 24.3 Å². The molecule has 1 amide bonds. The third kappa shape index (κ3) is 4.13. The van der Waals surface area contributed by atoms with Crippen LogP contribution in [0.2, 0.25) is 0 Å². The minimum absolute atomic E-state index is 0.112. The molecule has 4 fully saturated rings. The number of hydrogen-bond donors (Lipinski definition) is 2. The van der Waals surface area contributed by atoms with E-state index in [2.05, 4.69) is 17.6 Å². The van der Waals surface area contributed by atoms with Gasteiger partial charge in [-0.25, -0.2) is 0 Å². The lowest BCUT2D eigenvalue weighted by Crippen LogP contribution is -2.61. The maximum Gasteiger partial charge on any atom is 0.257 e. The minimum Gasteiger partial charge on any atom is -0.491 e. The number of thiocarbonyl (C=S) groups is 1. The molecule has 146 valence electrons. The molecule has 1 aromatic carbocycles. The van der Waals surface area contributed by atoms with Gasteiger partial charge in [0.05, 0.1) is 6.10 Å². The van der Waals surface area contributed by atoms with Crippen molar-refractivity contribution < 1.29 is 9.53 Å². The molecule has 4 aliphatic rings. The fourth-order valence-corrected chi connectivity index (χ4v) is 6.05. The van der Waals surface area contributed by atoms with E-state index >= 15 is 0 Å². The Balaban J connectivity index is 1.37. The Morgan fingerprint density at radius 2 is 1.85 bits per heavy atom. The molecule has 4 aliphatic carbocycles. The standard InChI is InChI=1S/C22H30N2O2S/c1-3-14(2)26-19-6-4-5-18(10-19)20(25)23-21(27)24-22-11-15-7-16(12-22)9-17(8-15)13-22/h4-6,10,14-17H,3,7-9,11-13H2,1-2H3,(H2,23,24,25,27)/t14-,15?,16?,17?,22?/m0/s1. The van der Waals surface area contributed by atoms with Crippen LogP contribution >= 0.6 is 12.2 Å². The Labute approximate surface area is 167 Å². The highest BCUT2D eigenvalue weighted by atomic mass is 32.1. The van der Waals surface area contributed by atoms with Crippen LogP contribution in [0, 0.1) is 17.8 Å². The van der Waals surface area contributed by atoms with Gasteiger partial charge in [0.25, 0.3) is 5.91 Å². The molecule has 0 spiro atoms. The zero-order valence-corrected chi connectivity index (χ0v) is 17.1. The molecular weight excluding hydrogens is 356 g/mol. The topological polar surface area (TPSA) is 50.4 Å². The molecule has 0 radical (unpaired) electrons. The average Bonchev–Trinajstić information content (AvgIpc) is 2.60. The van der Waals surface area contributed by atoms with Crippen molar-refractivity contribution in [1.82, 2.24) is 10.6 Å². The molecule has 4 nitrogen and oxygen atoms in total. The summed E-state index contributed by atoms with van der Waals surface area (Å²) in [7, 11) is 0. The van der Waals surface area contributed by atoms with Gasteiger partial charge in [-0.1, -0.05) is 13.0 Å². The minimum atomic E-state index is -0.174. The highest BCUT2D eigenvalue weighted by molar-refractivity contribution is 7.80. The van der Waals surface area contributed by atoms with Gasteiger partial charge in [-0.2, -0.15) is 0 Å². The largest absolute Gasteiger partial charge is 0.491 e. The summed E-state index contributed by atoms with van der Waals surface area (Å²) in [6.45, 7) is 4.10. The van der Waals surface area contributed by atoms with Crippen LogP contribution < -0.4 is 15.4 Å². The van der Waals surface area contributed by atoms with Crippen LogP contribution in [0.3, 0.4) is 0 Å². The Morgan fingerprint density at radius 3 is 2.44 bits per heavy atom. The van der Waals surface area contributed by atoms with Crippen LogP contribution in [-0.4, -0.2) is 22.7 Å². The predicted octanol–water partition coefficient (Wildman–Crippen LogP) is 4.44. The number of benzene rings is 1. The second-order valence-electron chi connectivity index (χ2n) is 8.97. The zero-order valence-electron chi connectivity index (χ0n) is 16.3. The molecule has 4 bridgehead atoms. The first kappa shape index (κ1) is 18.7. The Kier molecular flexibility index (Phi) is 5.15. The number of nitrogens with one attached hydrogen (secondary N) is 2. The van der Waals surface area contributed by atoms with Crippen LogP contribution in [-0.2, 0) is 0 Å². The van der Waals surface area contributed by atoms with E-state index in [1.165, 1.54) is 38.5 Å². The first-order valence-electron chi connectivity index (χ1n) is 10.3. The van der Waals surface area contributed by atoms with Gasteiger partial charge >= 0.3 is 0 Å². The fraction of sp³-hybridized carbons (Fsp3) is 0.636. The van der Waals surface area contributed by atoms with E-state index in [0.29, 0.717) is 10.7 Å². The van der Waals surface area contributed by atoms with E-state index < -0.39 is 0 Å². The van der Waals surface area contributed by atoms with Crippen molar-refractivity contribution in [3.8, 4) is 5.75 Å². The van der Waals surface area contributed by atoms with Crippen molar-refractivity contribution in [3.63, 3.8) is 0 Å². The Bertz CT molecular complexity index is 697. The maximum atomic E-state index is 12.7. The molecule has 0 aromatic heterocycles. The van der Waals surface area contributed by atoms with Crippen LogP contribution in [0.5, 0.6) is 5.75 Å². The van der Waals surface area contributed by atoms with Gasteiger partial charge in [0, 0.05) is 11.1 Å². The van der Waals surface area contributed by atoms with Crippen LogP contribution in [0.4, 0.5) is 0 Å². The summed E-state index contributed by atoms with van der Waals surface area (Å²) in [5.74, 6) is 3.08. The number of ether oxygens (including phenoxy) is 1. The second-order valence-corrected chi connectivity index (χ2v) is 9.38. The average molecular weight is 387 g/mol. The summed E-state index contributed by atoms with van der Waals surface area (Å²) >= 11 is 5.51. The molecule has 0 unspecified atom stereocenters. The van der Waals surface area contributed by atoms with E-state index in [0.717, 1.165) is 29.9 Å². The van der Waals surface area contributed by atoms with Gasteiger partial charge < -0.3 is 10.1 Å². The van der Waals surface area contributed by atoms with E-state index in [-0.39, 0.29) is 17.6 Å². The fourth-order valence-electron chi connectivity index (χ4n) is 5.74. The lowest BCUT2D eigenvalue weighted by Gasteiger charge is -2.57. The zero-order chi connectivity index (χ0) is 19.0. The van der Waals surface area contributed by atoms with Gasteiger partial charge in [-0.05, 0) is 100 Å². The summed E-state index contributed by atoms with van der Waals surface area (Å²) in [4.78, 5) is 12.7. The van der Waals surface area contributed by atoms with Gasteiger partial charge in [-0.15, -0.1) is 0 Å². The summed E-state index contributed by atoms with van der Waals surface area (Å²) in [6.07, 6.45) is 8.83. The van der Waals surface area contributed by atoms with Crippen molar-refractivity contribution in [3.05, 3.63) is 29.8 Å². The van der Waals surface area contributed by atoms with Gasteiger partial charge in [0.2, 0.25) is 0 Å². The molecule has 5 heteroatoms. The summed E-state index contributed by atoms with van der Waals surface area (Å²) < 4.78 is 5.82. The highest BCUT2D eigenvalue weighted by Gasteiger charge is 2.51. The Hall–Kier alpha value is -1.62. The van der Waals surface area contributed by atoms with Gasteiger partial charge in [0.15, 0.2) is 5.11 Å². The number of rotatable bonds is 5. The second kappa shape index (κ2) is 7.42. The molecule has 5 rings (SSSR count). The van der Waals surface area contributed by atoms with Crippen LogP contribution in [0.1, 0.15) is 69.2 Å². The van der Waals surface area contributed by atoms with Crippen molar-refractivity contribution in [2.45, 2.75) is 70.4 Å². The van der Waals surface area contributed by atoms with Gasteiger partial charge in [-0.3, -0.25) is 10.1 Å². The Morgan fingerprint density at radius 1 is 1.22 bits per heavy atom. The maximum absolute atomic E-state index is 12.7. The number of hydrogen-bond acceptors (Lipinski definition) is 3. The molecule has 0 aliphatic heterocycles. The van der Waals surface area contributed by atoms with Crippen LogP contribution in [0.25, 0.3) is 0 Å². The number of carbonyl (C=O) groups is 1. The third-order valence-electron chi connectivity index (χ3n) is 6.65. The van der Waals surface area contributed by atoms with Crippen molar-refractivity contribution in [1.29, 1.82) is 0 Å². The first-order chi connectivity index (χ1) is 12.9. The smallest absolute Gasteiger partial charge is 0.257 e. The van der Waals surface area contributed by atoms with E-state index in [4.69, 9.17) is 17.0 Å². The first-order valence-corrected chi connectivity index (χ1v) is 10.8. The number of amides is 1. The normalized spacial score (nSPS) is 32.0. The van der Waals surface area contributed by atoms with Crippen molar-refractivity contribution in [2.75, 3.05) is 0 Å². The monoisotopic (exact) mass is 386 g/mol. The summed E-state index contributed by atoms with van der Waals surface area (Å²) in [5.41, 5.74) is 0.686. The van der Waals surface area contributed by atoms with Crippen molar-refractivity contribution >= 4 is 23.2 Å². The number of carbonyl (C=O) groups excluding carboxylic acids is 1. The third-order valence-corrected chi connectivity index (χ3v) is 6.86. The molecule has 0 saturated heterocycles. The van der Waals surface area contributed by atoms with E-state index in [1.54, 1.807) is 12.1 Å². The van der Waals surface area contributed by atoms with E-state index in [9.17, 15) is 4.79 Å². The highest BCUT2D eigenvalue weighted by Crippen LogP contribution is 2.55.